The third kappa shape index (κ3) is 3.21. The zero-order chi connectivity index (χ0) is 18.8. The standard InChI is InChI=1S/C21H19N3O3/c25-19-15-7-2-1-6-14(15)10-11-16(19)21(27)24-13-5-8-17(24)20(26)23-18-9-3-4-12-22-18/h1-4,6-7,9-12,17,25H,5,8,13H2,(H,22,23,26). The molecule has 1 saturated heterocycles. The van der Waals surface area contributed by atoms with Gasteiger partial charge in [-0.05, 0) is 36.4 Å². The second-order valence-corrected chi connectivity index (χ2v) is 6.54. The number of nitrogens with one attached hydrogen (secondary N) is 1. The van der Waals surface area contributed by atoms with Gasteiger partial charge in [-0.2, -0.15) is 0 Å². The van der Waals surface area contributed by atoms with Crippen LogP contribution in [0.15, 0.2) is 60.8 Å². The summed E-state index contributed by atoms with van der Waals surface area (Å²) in [6.07, 6.45) is 2.92. The SMILES string of the molecule is O=C(Nc1ccccn1)C1CCCN1C(=O)c1ccc2ccccc2c1O. The van der Waals surface area contributed by atoms with E-state index in [0.29, 0.717) is 24.2 Å². The van der Waals surface area contributed by atoms with Gasteiger partial charge < -0.3 is 15.3 Å². The Kier molecular flexibility index (Phi) is 4.46. The number of pyridine rings is 1. The Hall–Kier alpha value is -3.41. The number of aromatic hydroxyl groups is 1. The van der Waals surface area contributed by atoms with Gasteiger partial charge in [-0.15, -0.1) is 0 Å². The highest BCUT2D eigenvalue weighted by Gasteiger charge is 2.35. The maximum absolute atomic E-state index is 13.0. The molecule has 2 N–H and O–H groups in total. The fraction of sp³-hybridized carbons (Fsp3) is 0.190. The van der Waals surface area contributed by atoms with E-state index in [1.54, 1.807) is 42.6 Å². The van der Waals surface area contributed by atoms with Crippen LogP contribution in [-0.4, -0.2) is 39.4 Å². The first kappa shape index (κ1) is 17.0. The summed E-state index contributed by atoms with van der Waals surface area (Å²) >= 11 is 0. The normalized spacial score (nSPS) is 16.4. The van der Waals surface area contributed by atoms with Crippen molar-refractivity contribution in [1.82, 2.24) is 9.88 Å². The number of aromatic nitrogens is 1. The molecule has 1 aliphatic heterocycles. The molecule has 6 heteroatoms. The van der Waals surface area contributed by atoms with Crippen LogP contribution in [-0.2, 0) is 4.79 Å². The van der Waals surface area contributed by atoms with Gasteiger partial charge in [0.25, 0.3) is 5.91 Å². The van der Waals surface area contributed by atoms with Crippen LogP contribution in [0, 0.1) is 0 Å². The lowest BCUT2D eigenvalue weighted by molar-refractivity contribution is -0.119. The highest BCUT2D eigenvalue weighted by molar-refractivity contribution is 6.06. The van der Waals surface area contributed by atoms with Crippen molar-refractivity contribution in [1.29, 1.82) is 0 Å². The third-order valence-corrected chi connectivity index (χ3v) is 4.86. The van der Waals surface area contributed by atoms with Crippen LogP contribution in [0.25, 0.3) is 10.8 Å². The number of phenols is 1. The lowest BCUT2D eigenvalue weighted by Gasteiger charge is -2.24. The molecule has 2 heterocycles. The Bertz CT molecular complexity index is 1000. The van der Waals surface area contributed by atoms with Crippen LogP contribution in [0.3, 0.4) is 0 Å². The molecule has 1 unspecified atom stereocenters. The summed E-state index contributed by atoms with van der Waals surface area (Å²) in [4.78, 5) is 31.3. The van der Waals surface area contributed by atoms with E-state index in [0.717, 1.165) is 11.8 Å². The zero-order valence-electron chi connectivity index (χ0n) is 14.6. The monoisotopic (exact) mass is 361 g/mol. The van der Waals surface area contributed by atoms with Gasteiger partial charge >= 0.3 is 0 Å². The van der Waals surface area contributed by atoms with Gasteiger partial charge in [0, 0.05) is 18.1 Å². The average molecular weight is 361 g/mol. The van der Waals surface area contributed by atoms with Crippen molar-refractivity contribution in [3.05, 3.63) is 66.4 Å². The molecule has 2 amide bonds. The molecule has 0 bridgehead atoms. The van der Waals surface area contributed by atoms with E-state index in [9.17, 15) is 14.7 Å². The van der Waals surface area contributed by atoms with Gasteiger partial charge in [0.2, 0.25) is 5.91 Å². The minimum atomic E-state index is -0.578. The molecule has 3 aromatic rings. The fourth-order valence-corrected chi connectivity index (χ4v) is 3.51. The summed E-state index contributed by atoms with van der Waals surface area (Å²) in [6.45, 7) is 0.478. The van der Waals surface area contributed by atoms with Crippen LogP contribution < -0.4 is 5.32 Å². The van der Waals surface area contributed by atoms with Crippen molar-refractivity contribution in [2.75, 3.05) is 11.9 Å². The van der Waals surface area contributed by atoms with Crippen molar-refractivity contribution in [2.24, 2.45) is 0 Å². The number of fused-ring (bicyclic) bond motifs is 1. The first-order valence-corrected chi connectivity index (χ1v) is 8.89. The fourth-order valence-electron chi connectivity index (χ4n) is 3.51. The predicted octanol–water partition coefficient (Wildman–Crippen LogP) is 3.18. The number of amides is 2. The molecule has 136 valence electrons. The largest absolute Gasteiger partial charge is 0.506 e. The minimum Gasteiger partial charge on any atom is -0.506 e. The molecule has 27 heavy (non-hydrogen) atoms. The van der Waals surface area contributed by atoms with E-state index in [-0.39, 0.29) is 23.1 Å². The molecule has 1 aromatic heterocycles. The Labute approximate surface area is 156 Å². The van der Waals surface area contributed by atoms with E-state index in [4.69, 9.17) is 0 Å². The summed E-state index contributed by atoms with van der Waals surface area (Å²) in [7, 11) is 0. The molecule has 6 nitrogen and oxygen atoms in total. The van der Waals surface area contributed by atoms with Crippen LogP contribution in [0.2, 0.25) is 0 Å². The number of carbonyl (C=O) groups excluding carboxylic acids is 2. The molecule has 4 rings (SSSR count). The van der Waals surface area contributed by atoms with E-state index in [1.165, 1.54) is 4.90 Å². The van der Waals surface area contributed by atoms with E-state index in [1.807, 2.05) is 18.2 Å². The van der Waals surface area contributed by atoms with Gasteiger partial charge in [0.05, 0.1) is 5.56 Å². The maximum atomic E-state index is 13.0. The van der Waals surface area contributed by atoms with Crippen molar-refractivity contribution in [2.45, 2.75) is 18.9 Å². The minimum absolute atomic E-state index is 0.0473. The van der Waals surface area contributed by atoms with Crippen molar-refractivity contribution < 1.29 is 14.7 Å². The summed E-state index contributed by atoms with van der Waals surface area (Å²) in [5, 5.41) is 14.8. The van der Waals surface area contributed by atoms with Crippen molar-refractivity contribution >= 4 is 28.4 Å². The number of hydrogen-bond donors (Lipinski definition) is 2. The molecule has 0 aliphatic carbocycles. The van der Waals surface area contributed by atoms with Gasteiger partial charge in [-0.1, -0.05) is 36.4 Å². The number of anilines is 1. The van der Waals surface area contributed by atoms with Crippen molar-refractivity contribution in [3.63, 3.8) is 0 Å². The quantitative estimate of drug-likeness (QED) is 0.751. The topological polar surface area (TPSA) is 82.5 Å². The van der Waals surface area contributed by atoms with Gasteiger partial charge in [0.15, 0.2) is 0 Å². The number of benzene rings is 2. The van der Waals surface area contributed by atoms with Crippen LogP contribution in [0.1, 0.15) is 23.2 Å². The van der Waals surface area contributed by atoms with Gasteiger partial charge in [-0.3, -0.25) is 9.59 Å². The maximum Gasteiger partial charge on any atom is 0.258 e. The summed E-state index contributed by atoms with van der Waals surface area (Å²) in [6, 6.07) is 15.4. The molecule has 1 atom stereocenters. The smallest absolute Gasteiger partial charge is 0.258 e. The Balaban J connectivity index is 1.59. The van der Waals surface area contributed by atoms with E-state index in [2.05, 4.69) is 10.3 Å². The molecule has 1 aliphatic rings. The zero-order valence-corrected chi connectivity index (χ0v) is 14.6. The molecule has 0 saturated carbocycles. The number of hydrogen-bond acceptors (Lipinski definition) is 4. The van der Waals surface area contributed by atoms with Gasteiger partial charge in [0.1, 0.15) is 17.6 Å². The molecule has 1 fully saturated rings. The Morgan fingerprint density at radius 3 is 2.70 bits per heavy atom. The van der Waals surface area contributed by atoms with Crippen LogP contribution in [0.4, 0.5) is 5.82 Å². The average Bonchev–Trinajstić information content (AvgIpc) is 3.19. The predicted molar refractivity (Wildman–Crippen MR) is 103 cm³/mol. The third-order valence-electron chi connectivity index (χ3n) is 4.86. The highest BCUT2D eigenvalue weighted by Crippen LogP contribution is 2.31. The lowest BCUT2D eigenvalue weighted by atomic mass is 10.0. The molecule has 2 aromatic carbocycles. The Morgan fingerprint density at radius 1 is 1.07 bits per heavy atom. The van der Waals surface area contributed by atoms with Gasteiger partial charge in [-0.25, -0.2) is 4.98 Å². The first-order valence-electron chi connectivity index (χ1n) is 8.89. The lowest BCUT2D eigenvalue weighted by Crippen LogP contribution is -2.43. The number of phenolic OH excluding ortho intramolecular Hbond substituents is 1. The number of rotatable bonds is 3. The van der Waals surface area contributed by atoms with Crippen LogP contribution in [0.5, 0.6) is 5.75 Å². The number of carbonyl (C=O) groups is 2. The van der Waals surface area contributed by atoms with Crippen LogP contribution >= 0.6 is 0 Å². The molecular weight excluding hydrogens is 342 g/mol. The van der Waals surface area contributed by atoms with E-state index < -0.39 is 6.04 Å². The second kappa shape index (κ2) is 7.07. The summed E-state index contributed by atoms with van der Waals surface area (Å²) < 4.78 is 0. The summed E-state index contributed by atoms with van der Waals surface area (Å²) in [5.41, 5.74) is 0.214. The molecule has 0 radical (unpaired) electrons. The highest BCUT2D eigenvalue weighted by atomic mass is 16.3. The first-order chi connectivity index (χ1) is 13.1. The Morgan fingerprint density at radius 2 is 1.89 bits per heavy atom. The number of nitrogens with zero attached hydrogens (tertiary/aromatic N) is 2. The van der Waals surface area contributed by atoms with E-state index >= 15 is 0 Å². The summed E-state index contributed by atoms with van der Waals surface area (Å²) in [5.74, 6) is -0.194. The molecule has 0 spiro atoms. The van der Waals surface area contributed by atoms with Crippen molar-refractivity contribution in [3.8, 4) is 5.75 Å². The second-order valence-electron chi connectivity index (χ2n) is 6.54. The number of likely N-dealkylation sites (tertiary alicyclic amines) is 1. The molecular formula is C21H19N3O3.